The number of rotatable bonds is 9. The van der Waals surface area contributed by atoms with Gasteiger partial charge in [0.25, 0.3) is 0 Å². The summed E-state index contributed by atoms with van der Waals surface area (Å²) in [6.45, 7) is 6.92. The Balaban J connectivity index is 1.33. The summed E-state index contributed by atoms with van der Waals surface area (Å²) >= 11 is 2.81. The molecule has 1 aliphatic heterocycles. The first-order valence-electron chi connectivity index (χ1n) is 12.8. The number of carbonyl (C=O) groups is 2. The molecule has 5 rings (SSSR count). The van der Waals surface area contributed by atoms with Crippen molar-refractivity contribution in [3.8, 4) is 11.4 Å². The molecule has 11 heteroatoms. The van der Waals surface area contributed by atoms with Crippen molar-refractivity contribution in [2.45, 2.75) is 83.2 Å². The molecule has 4 heterocycles. The molecule has 1 N–H and O–H groups in total. The summed E-state index contributed by atoms with van der Waals surface area (Å²) in [5.74, 6) is 1.03. The van der Waals surface area contributed by atoms with Crippen molar-refractivity contribution in [1.82, 2.24) is 14.8 Å². The number of furan rings is 1. The lowest BCUT2D eigenvalue weighted by Gasteiger charge is -2.15. The summed E-state index contributed by atoms with van der Waals surface area (Å²) in [5.41, 5.74) is 2.42. The van der Waals surface area contributed by atoms with E-state index in [4.69, 9.17) is 13.9 Å². The molecular weight excluding hydrogens is 512 g/mol. The number of aryl methyl sites for hydroxylation is 2. The lowest BCUT2D eigenvalue weighted by molar-refractivity contribution is -0.113. The lowest BCUT2D eigenvalue weighted by atomic mass is 9.95. The highest BCUT2D eigenvalue weighted by Gasteiger charge is 2.28. The van der Waals surface area contributed by atoms with Crippen LogP contribution in [0.1, 0.15) is 66.1 Å². The fourth-order valence-electron chi connectivity index (χ4n) is 4.80. The van der Waals surface area contributed by atoms with Crippen LogP contribution in [0.3, 0.4) is 0 Å². The maximum Gasteiger partial charge on any atom is 0.341 e. The van der Waals surface area contributed by atoms with E-state index in [0.29, 0.717) is 28.1 Å². The van der Waals surface area contributed by atoms with Gasteiger partial charge in [0, 0.05) is 11.5 Å². The Hall–Kier alpha value is -2.63. The molecule has 3 aromatic rings. The number of anilines is 1. The van der Waals surface area contributed by atoms with Gasteiger partial charge in [0.2, 0.25) is 5.91 Å². The fraction of sp³-hybridized carbons (Fsp3) is 0.538. The third-order valence-electron chi connectivity index (χ3n) is 6.53. The Kier molecular flexibility index (Phi) is 8.01. The van der Waals surface area contributed by atoms with Gasteiger partial charge in [-0.1, -0.05) is 11.8 Å². The van der Waals surface area contributed by atoms with Crippen molar-refractivity contribution in [1.29, 1.82) is 0 Å². The molecule has 1 atom stereocenters. The average molecular weight is 545 g/mol. The summed E-state index contributed by atoms with van der Waals surface area (Å²) in [6.07, 6.45) is 7.39. The number of thioether (sulfide) groups is 1. The van der Waals surface area contributed by atoms with Crippen LogP contribution in [0, 0.1) is 6.92 Å². The Labute approximate surface area is 224 Å². The second-order valence-corrected chi connectivity index (χ2v) is 11.7. The number of nitrogens with one attached hydrogen (secondary N) is 1. The topological polar surface area (TPSA) is 108 Å². The van der Waals surface area contributed by atoms with E-state index in [1.807, 2.05) is 31.4 Å². The van der Waals surface area contributed by atoms with E-state index < -0.39 is 0 Å². The number of ether oxygens (including phenoxy) is 2. The van der Waals surface area contributed by atoms with Gasteiger partial charge < -0.3 is 19.2 Å². The minimum absolute atomic E-state index is 0.0853. The first kappa shape index (κ1) is 26.0. The number of carbonyl (C=O) groups excluding carboxylic acids is 2. The summed E-state index contributed by atoms with van der Waals surface area (Å²) in [7, 11) is 0. The van der Waals surface area contributed by atoms with E-state index in [2.05, 4.69) is 15.5 Å². The van der Waals surface area contributed by atoms with Gasteiger partial charge in [-0.3, -0.25) is 9.36 Å². The molecule has 3 aromatic heterocycles. The normalized spacial score (nSPS) is 17.2. The fourth-order valence-corrected chi connectivity index (χ4v) is 6.85. The minimum atomic E-state index is -0.367. The molecule has 0 saturated carbocycles. The SMILES string of the molecule is Cc1occc1-c1nnc(SCC(=O)Nc2sc3c(c2C(=O)OC(C)C)CCCC3)n1CC1CCCO1. The number of thiophene rings is 1. The molecule has 0 aromatic carbocycles. The van der Waals surface area contributed by atoms with Crippen molar-refractivity contribution in [3.05, 3.63) is 34.1 Å². The van der Waals surface area contributed by atoms with Crippen LogP contribution < -0.4 is 5.32 Å². The molecular formula is C26H32N4O5S2. The summed E-state index contributed by atoms with van der Waals surface area (Å²) in [6, 6.07) is 1.88. The zero-order chi connectivity index (χ0) is 25.9. The summed E-state index contributed by atoms with van der Waals surface area (Å²) in [4.78, 5) is 27.1. The van der Waals surface area contributed by atoms with Crippen molar-refractivity contribution < 1.29 is 23.5 Å². The molecule has 9 nitrogen and oxygen atoms in total. The smallest absolute Gasteiger partial charge is 0.341 e. The van der Waals surface area contributed by atoms with Gasteiger partial charge in [0.05, 0.1) is 41.9 Å². The largest absolute Gasteiger partial charge is 0.469 e. The van der Waals surface area contributed by atoms with Crippen molar-refractivity contribution in [3.63, 3.8) is 0 Å². The van der Waals surface area contributed by atoms with Crippen molar-refractivity contribution in [2.24, 2.45) is 0 Å². The molecule has 37 heavy (non-hydrogen) atoms. The highest BCUT2D eigenvalue weighted by atomic mass is 32.2. The first-order chi connectivity index (χ1) is 17.9. The molecule has 1 amide bonds. The third-order valence-corrected chi connectivity index (χ3v) is 8.70. The zero-order valence-corrected chi connectivity index (χ0v) is 23.0. The Morgan fingerprint density at radius 1 is 1.27 bits per heavy atom. The molecule has 1 fully saturated rings. The Morgan fingerprint density at radius 3 is 2.84 bits per heavy atom. The lowest BCUT2D eigenvalue weighted by Crippen LogP contribution is -2.19. The van der Waals surface area contributed by atoms with E-state index >= 15 is 0 Å². The number of aromatic nitrogens is 3. The van der Waals surface area contributed by atoms with Crippen LogP contribution in [-0.4, -0.2) is 51.2 Å². The highest BCUT2D eigenvalue weighted by molar-refractivity contribution is 7.99. The van der Waals surface area contributed by atoms with Crippen LogP contribution >= 0.6 is 23.1 Å². The maximum atomic E-state index is 13.1. The first-order valence-corrected chi connectivity index (χ1v) is 14.6. The molecule has 0 bridgehead atoms. The third kappa shape index (κ3) is 5.78. The molecule has 1 saturated heterocycles. The Morgan fingerprint density at radius 2 is 2.11 bits per heavy atom. The number of hydrogen-bond donors (Lipinski definition) is 1. The monoisotopic (exact) mass is 544 g/mol. The van der Waals surface area contributed by atoms with E-state index in [-0.39, 0.29) is 29.8 Å². The van der Waals surface area contributed by atoms with Crippen molar-refractivity contribution >= 4 is 40.0 Å². The van der Waals surface area contributed by atoms with Crippen LogP contribution in [0.25, 0.3) is 11.4 Å². The van der Waals surface area contributed by atoms with Gasteiger partial charge in [0.15, 0.2) is 11.0 Å². The standard InChI is InChI=1S/C26H32N4O5S2/c1-15(2)35-25(32)22-19-8-4-5-9-20(19)37-24(22)27-21(31)14-36-26-29-28-23(18-10-12-33-16(18)3)30(26)13-17-7-6-11-34-17/h10,12,15,17H,4-9,11,13-14H2,1-3H3,(H,27,31). The van der Waals surface area contributed by atoms with E-state index in [1.54, 1.807) is 6.26 Å². The second kappa shape index (κ2) is 11.4. The zero-order valence-electron chi connectivity index (χ0n) is 21.4. The molecule has 1 aliphatic carbocycles. The van der Waals surface area contributed by atoms with E-state index in [0.717, 1.165) is 62.0 Å². The summed E-state index contributed by atoms with van der Waals surface area (Å²) < 4.78 is 18.9. The van der Waals surface area contributed by atoms with Gasteiger partial charge in [-0.25, -0.2) is 4.79 Å². The molecule has 198 valence electrons. The number of fused-ring (bicyclic) bond motifs is 1. The van der Waals surface area contributed by atoms with Gasteiger partial charge >= 0.3 is 5.97 Å². The van der Waals surface area contributed by atoms with Gasteiger partial charge in [-0.15, -0.1) is 21.5 Å². The van der Waals surface area contributed by atoms with Crippen LogP contribution in [-0.2, 0) is 33.7 Å². The predicted molar refractivity (Wildman–Crippen MR) is 142 cm³/mol. The van der Waals surface area contributed by atoms with Crippen molar-refractivity contribution in [2.75, 3.05) is 17.7 Å². The quantitative estimate of drug-likeness (QED) is 0.287. The molecule has 0 radical (unpaired) electrons. The van der Waals surface area contributed by atoms with Crippen LogP contribution in [0.15, 0.2) is 21.9 Å². The number of esters is 1. The maximum absolute atomic E-state index is 13.1. The van der Waals surface area contributed by atoms with E-state index in [1.165, 1.54) is 28.0 Å². The average Bonchev–Trinajstić information content (AvgIpc) is 3.64. The molecule has 2 aliphatic rings. The predicted octanol–water partition coefficient (Wildman–Crippen LogP) is 5.26. The molecule has 0 spiro atoms. The van der Waals surface area contributed by atoms with Gasteiger partial charge in [-0.2, -0.15) is 0 Å². The Bertz CT molecular complexity index is 1270. The molecule has 1 unspecified atom stereocenters. The van der Waals surface area contributed by atoms with E-state index in [9.17, 15) is 9.59 Å². The second-order valence-electron chi connectivity index (χ2n) is 9.65. The van der Waals surface area contributed by atoms with Crippen LogP contribution in [0.4, 0.5) is 5.00 Å². The van der Waals surface area contributed by atoms with Gasteiger partial charge in [-0.05, 0) is 70.9 Å². The van der Waals surface area contributed by atoms with Crippen LogP contribution in [0.5, 0.6) is 0 Å². The van der Waals surface area contributed by atoms with Crippen LogP contribution in [0.2, 0.25) is 0 Å². The number of hydrogen-bond acceptors (Lipinski definition) is 9. The summed E-state index contributed by atoms with van der Waals surface area (Å²) in [5, 5.41) is 13.0. The number of amides is 1. The highest BCUT2D eigenvalue weighted by Crippen LogP contribution is 2.39. The minimum Gasteiger partial charge on any atom is -0.469 e. The number of nitrogens with zero attached hydrogens (tertiary/aromatic N) is 3. The van der Waals surface area contributed by atoms with Gasteiger partial charge in [0.1, 0.15) is 10.8 Å².